The molecule has 0 saturated carbocycles. The zero-order valence-electron chi connectivity index (χ0n) is 8.33. The highest BCUT2D eigenvalue weighted by Crippen LogP contribution is 2.22. The van der Waals surface area contributed by atoms with Crippen molar-refractivity contribution in [2.45, 2.75) is 26.3 Å². The van der Waals surface area contributed by atoms with Crippen molar-refractivity contribution in [3.8, 4) is 0 Å². The van der Waals surface area contributed by atoms with E-state index in [-0.39, 0.29) is 5.54 Å². The van der Waals surface area contributed by atoms with Crippen LogP contribution in [-0.2, 0) is 5.54 Å². The molecular formula is C9H16N4. The number of nitrogen functional groups attached to an aromatic ring is 1. The lowest BCUT2D eigenvalue weighted by Gasteiger charge is -2.22. The molecule has 4 nitrogen and oxygen atoms in total. The lowest BCUT2D eigenvalue weighted by Crippen LogP contribution is -2.22. The third-order valence-corrected chi connectivity index (χ3v) is 1.83. The number of nitrogens with two attached hydrogens (primary N) is 2. The van der Waals surface area contributed by atoms with Crippen LogP contribution in [0.3, 0.4) is 0 Å². The molecule has 1 aromatic heterocycles. The Balaban J connectivity index is 3.22. The minimum absolute atomic E-state index is 0.0786. The number of rotatable bonds is 1. The molecule has 0 aliphatic rings. The molecule has 1 aromatic rings. The Morgan fingerprint density at radius 3 is 2.31 bits per heavy atom. The third-order valence-electron chi connectivity index (χ3n) is 1.83. The number of hydrogen-bond acceptors (Lipinski definition) is 3. The van der Waals surface area contributed by atoms with Crippen LogP contribution in [0.5, 0.6) is 0 Å². The molecule has 0 fully saturated rings. The molecule has 0 amide bonds. The van der Waals surface area contributed by atoms with Gasteiger partial charge in [0.25, 0.3) is 0 Å². The van der Waals surface area contributed by atoms with E-state index in [2.05, 4.69) is 11.6 Å². The average molecular weight is 180 g/mol. The summed E-state index contributed by atoms with van der Waals surface area (Å²) in [4.78, 5) is 4.10. The molecule has 0 spiro atoms. The minimum Gasteiger partial charge on any atom is -0.397 e. The van der Waals surface area contributed by atoms with E-state index in [4.69, 9.17) is 11.5 Å². The fourth-order valence-corrected chi connectivity index (χ4v) is 1.14. The van der Waals surface area contributed by atoms with Gasteiger partial charge in [-0.25, -0.2) is 4.98 Å². The second kappa shape index (κ2) is 2.80. The summed E-state index contributed by atoms with van der Waals surface area (Å²) in [6, 6.07) is 0. The standard InChI is InChI=1S/C9H16N4/c1-6(10)7-8(11)13(5-12-7)9(2,3)4/h5H,1,10-11H2,2-4H3. The minimum atomic E-state index is -0.0786. The highest BCUT2D eigenvalue weighted by molar-refractivity contribution is 5.66. The zero-order chi connectivity index (χ0) is 10.2. The van der Waals surface area contributed by atoms with Crippen LogP contribution in [-0.4, -0.2) is 9.55 Å². The largest absolute Gasteiger partial charge is 0.397 e. The van der Waals surface area contributed by atoms with Gasteiger partial charge in [-0.1, -0.05) is 6.58 Å². The highest BCUT2D eigenvalue weighted by atomic mass is 15.2. The second-order valence-electron chi connectivity index (χ2n) is 4.04. The first kappa shape index (κ1) is 9.64. The van der Waals surface area contributed by atoms with Crippen LogP contribution in [0, 0.1) is 0 Å². The Kier molecular flexibility index (Phi) is 2.07. The average Bonchev–Trinajstić information content (AvgIpc) is 2.28. The summed E-state index contributed by atoms with van der Waals surface area (Å²) in [5.41, 5.74) is 12.3. The molecule has 0 radical (unpaired) electrons. The smallest absolute Gasteiger partial charge is 0.133 e. The van der Waals surface area contributed by atoms with Crippen molar-refractivity contribution in [1.82, 2.24) is 9.55 Å². The predicted molar refractivity (Wildman–Crippen MR) is 54.9 cm³/mol. The summed E-state index contributed by atoms with van der Waals surface area (Å²) in [6.07, 6.45) is 1.68. The molecule has 72 valence electrons. The SMILES string of the molecule is C=C(N)c1ncn(C(C)(C)C)c1N. The number of hydrogen-bond donors (Lipinski definition) is 2. The molecule has 0 aliphatic heterocycles. The molecule has 0 aromatic carbocycles. The second-order valence-corrected chi connectivity index (χ2v) is 4.04. The van der Waals surface area contributed by atoms with E-state index in [1.165, 1.54) is 0 Å². The maximum absolute atomic E-state index is 5.85. The number of aromatic nitrogens is 2. The van der Waals surface area contributed by atoms with Crippen LogP contribution in [0.15, 0.2) is 12.9 Å². The van der Waals surface area contributed by atoms with Crippen molar-refractivity contribution >= 4 is 11.5 Å². The monoisotopic (exact) mass is 180 g/mol. The molecule has 1 heterocycles. The Morgan fingerprint density at radius 2 is 2.08 bits per heavy atom. The molecule has 0 saturated heterocycles. The summed E-state index contributed by atoms with van der Waals surface area (Å²) < 4.78 is 1.88. The van der Waals surface area contributed by atoms with E-state index < -0.39 is 0 Å². The molecule has 4 heteroatoms. The molecular weight excluding hydrogens is 164 g/mol. The quantitative estimate of drug-likeness (QED) is 0.681. The molecule has 0 unspecified atom stereocenters. The van der Waals surface area contributed by atoms with Crippen LogP contribution < -0.4 is 11.5 Å². The van der Waals surface area contributed by atoms with E-state index in [9.17, 15) is 0 Å². The number of anilines is 1. The summed E-state index contributed by atoms with van der Waals surface area (Å²) in [5.74, 6) is 0.569. The number of imidazole rings is 1. The Morgan fingerprint density at radius 1 is 1.54 bits per heavy atom. The van der Waals surface area contributed by atoms with Gasteiger partial charge in [-0.05, 0) is 20.8 Å². The first-order valence-corrected chi connectivity index (χ1v) is 4.12. The first-order valence-electron chi connectivity index (χ1n) is 4.12. The maximum atomic E-state index is 5.85. The topological polar surface area (TPSA) is 69.9 Å². The molecule has 0 aliphatic carbocycles. The van der Waals surface area contributed by atoms with Gasteiger partial charge in [0.15, 0.2) is 0 Å². The van der Waals surface area contributed by atoms with Crippen molar-refractivity contribution in [1.29, 1.82) is 0 Å². The van der Waals surface area contributed by atoms with Crippen molar-refractivity contribution in [2.75, 3.05) is 5.73 Å². The normalized spacial score (nSPS) is 11.6. The Labute approximate surface area is 78.3 Å². The van der Waals surface area contributed by atoms with E-state index in [1.807, 2.05) is 25.3 Å². The van der Waals surface area contributed by atoms with Crippen molar-refractivity contribution in [3.05, 3.63) is 18.6 Å². The lowest BCUT2D eigenvalue weighted by molar-refractivity contribution is 0.402. The third kappa shape index (κ3) is 1.66. The van der Waals surface area contributed by atoms with Gasteiger partial charge in [0, 0.05) is 5.54 Å². The zero-order valence-corrected chi connectivity index (χ0v) is 8.33. The van der Waals surface area contributed by atoms with Gasteiger partial charge in [-0.3, -0.25) is 0 Å². The van der Waals surface area contributed by atoms with E-state index in [0.29, 0.717) is 17.2 Å². The van der Waals surface area contributed by atoms with Crippen molar-refractivity contribution in [2.24, 2.45) is 5.73 Å². The summed E-state index contributed by atoms with van der Waals surface area (Å²) in [5, 5.41) is 0. The van der Waals surface area contributed by atoms with Crippen molar-refractivity contribution < 1.29 is 0 Å². The maximum Gasteiger partial charge on any atom is 0.133 e. The highest BCUT2D eigenvalue weighted by Gasteiger charge is 2.18. The number of nitrogens with zero attached hydrogens (tertiary/aromatic N) is 2. The molecule has 4 N–H and O–H groups in total. The van der Waals surface area contributed by atoms with Gasteiger partial charge in [-0.2, -0.15) is 0 Å². The van der Waals surface area contributed by atoms with Gasteiger partial charge in [0.2, 0.25) is 0 Å². The van der Waals surface area contributed by atoms with Gasteiger partial charge >= 0.3 is 0 Å². The van der Waals surface area contributed by atoms with E-state index in [1.54, 1.807) is 6.33 Å². The molecule has 1 rings (SSSR count). The van der Waals surface area contributed by atoms with Gasteiger partial charge in [0.05, 0.1) is 12.0 Å². The van der Waals surface area contributed by atoms with Crippen molar-refractivity contribution in [3.63, 3.8) is 0 Å². The van der Waals surface area contributed by atoms with Crippen LogP contribution in [0.2, 0.25) is 0 Å². The van der Waals surface area contributed by atoms with Crippen LogP contribution in [0.1, 0.15) is 26.5 Å². The molecule has 0 atom stereocenters. The van der Waals surface area contributed by atoms with Crippen LogP contribution >= 0.6 is 0 Å². The van der Waals surface area contributed by atoms with E-state index in [0.717, 1.165) is 0 Å². The Hall–Kier alpha value is -1.45. The summed E-state index contributed by atoms with van der Waals surface area (Å²) >= 11 is 0. The van der Waals surface area contributed by atoms with Gasteiger partial charge in [-0.15, -0.1) is 0 Å². The Bertz CT molecular complexity index is 330. The first-order chi connectivity index (χ1) is 5.84. The molecule has 13 heavy (non-hydrogen) atoms. The van der Waals surface area contributed by atoms with Crippen LogP contribution in [0.25, 0.3) is 5.70 Å². The van der Waals surface area contributed by atoms with E-state index >= 15 is 0 Å². The van der Waals surface area contributed by atoms with Gasteiger partial charge in [0.1, 0.15) is 11.5 Å². The van der Waals surface area contributed by atoms with Crippen LogP contribution in [0.4, 0.5) is 5.82 Å². The van der Waals surface area contributed by atoms with Gasteiger partial charge < -0.3 is 16.0 Å². The lowest BCUT2D eigenvalue weighted by atomic mass is 10.1. The predicted octanol–water partition coefficient (Wildman–Crippen LogP) is 1.15. The molecule has 0 bridgehead atoms. The summed E-state index contributed by atoms with van der Waals surface area (Å²) in [7, 11) is 0. The fraction of sp³-hybridized carbons (Fsp3) is 0.444. The fourth-order valence-electron chi connectivity index (χ4n) is 1.14. The summed E-state index contributed by atoms with van der Waals surface area (Å²) in [6.45, 7) is 9.75.